The Morgan fingerprint density at radius 3 is 1.86 bits per heavy atom. The Kier molecular flexibility index (Phi) is 6.76. The summed E-state index contributed by atoms with van der Waals surface area (Å²) < 4.78 is 160. The molecule has 0 saturated carbocycles. The molecule has 8 rings (SSSR count). The fourth-order valence-electron chi connectivity index (χ4n) is 8.03. The highest BCUT2D eigenvalue weighted by atomic mass is 16.3. The third-order valence-corrected chi connectivity index (χ3v) is 12.1. The maximum absolute atomic E-state index is 13.1. The van der Waals surface area contributed by atoms with Gasteiger partial charge in [0.15, 0.2) is 0 Å². The molecular formula is C59H63N3O. The summed E-state index contributed by atoms with van der Waals surface area (Å²) in [7, 11) is 0. The van der Waals surface area contributed by atoms with Gasteiger partial charge in [0.05, 0.1) is 28.0 Å². The first-order chi connectivity index (χ1) is 37.2. The average Bonchev–Trinajstić information content (AvgIpc) is 2.99. The molecule has 4 nitrogen and oxygen atoms in total. The molecule has 6 aromatic carbocycles. The Balaban J connectivity index is 1.63. The first-order valence-electron chi connectivity index (χ1n) is 30.0. The molecule has 63 heavy (non-hydrogen) atoms. The van der Waals surface area contributed by atoms with Gasteiger partial charge in [0, 0.05) is 53.1 Å². The molecule has 1 N–H and O–H groups in total. The number of benzene rings is 6. The second kappa shape index (κ2) is 16.1. The van der Waals surface area contributed by atoms with Crippen LogP contribution in [0.4, 0.5) is 0 Å². The third-order valence-electron chi connectivity index (χ3n) is 12.1. The number of hydrogen-bond donors (Lipinski definition) is 1. The number of para-hydroxylation sites is 1. The molecule has 0 aliphatic rings. The van der Waals surface area contributed by atoms with Crippen LogP contribution in [0.3, 0.4) is 0 Å². The number of nitrogens with zero attached hydrogens (tertiary/aromatic N) is 3. The predicted molar refractivity (Wildman–Crippen MR) is 267 cm³/mol. The second-order valence-electron chi connectivity index (χ2n) is 18.0. The molecule has 320 valence electrons. The predicted octanol–water partition coefficient (Wildman–Crippen LogP) is 16.0. The molecular weight excluding hydrogens is 767 g/mol. The Labute approximate surface area is 401 Å². The van der Waals surface area contributed by atoms with Crippen LogP contribution in [0.15, 0.2) is 146 Å². The van der Waals surface area contributed by atoms with Crippen molar-refractivity contribution in [1.29, 1.82) is 0 Å². The molecule has 4 heteroatoms. The van der Waals surface area contributed by atoms with Crippen LogP contribution in [0.25, 0.3) is 72.7 Å². The van der Waals surface area contributed by atoms with Crippen LogP contribution in [0.5, 0.6) is 5.75 Å². The molecule has 0 aliphatic carbocycles. The van der Waals surface area contributed by atoms with Gasteiger partial charge in [0.1, 0.15) is 11.6 Å². The monoisotopic (exact) mass is 848 g/mol. The van der Waals surface area contributed by atoms with Gasteiger partial charge in [-0.05, 0) is 116 Å². The van der Waals surface area contributed by atoms with Crippen molar-refractivity contribution in [3.05, 3.63) is 168 Å². The number of aromatic nitrogens is 3. The van der Waals surface area contributed by atoms with E-state index in [-0.39, 0.29) is 5.52 Å². The number of pyridine rings is 1. The van der Waals surface area contributed by atoms with E-state index in [4.69, 9.17) is 34.6 Å². The maximum Gasteiger partial charge on any atom is 0.149 e. The van der Waals surface area contributed by atoms with Gasteiger partial charge in [0.25, 0.3) is 0 Å². The second-order valence-corrected chi connectivity index (χ2v) is 18.0. The minimum atomic E-state index is -4.13. The van der Waals surface area contributed by atoms with Crippen molar-refractivity contribution in [1.82, 2.24) is 14.5 Å². The molecule has 0 spiro atoms. The number of imidazole rings is 1. The highest BCUT2D eigenvalue weighted by Crippen LogP contribution is 2.46. The number of fused-ring (bicyclic) bond motifs is 1. The Morgan fingerprint density at radius 1 is 0.540 bits per heavy atom. The van der Waals surface area contributed by atoms with Crippen LogP contribution in [-0.2, 0) is 21.7 Å². The zero-order valence-corrected chi connectivity index (χ0v) is 36.4. The first-order valence-corrected chi connectivity index (χ1v) is 21.0. The van der Waals surface area contributed by atoms with Gasteiger partial charge >= 0.3 is 0 Å². The van der Waals surface area contributed by atoms with Crippen molar-refractivity contribution in [2.45, 2.75) is 111 Å². The fraction of sp³-hybridized carbons (Fsp3) is 0.288. The van der Waals surface area contributed by atoms with Crippen molar-refractivity contribution in [3.63, 3.8) is 0 Å². The highest BCUT2D eigenvalue weighted by molar-refractivity contribution is 5.98. The molecule has 0 unspecified atom stereocenters. The summed E-state index contributed by atoms with van der Waals surface area (Å²) in [5, 5.41) is 13.1. The van der Waals surface area contributed by atoms with E-state index in [0.29, 0.717) is 51.6 Å². The molecule has 0 fully saturated rings. The summed E-state index contributed by atoms with van der Waals surface area (Å²) >= 11 is 0. The quantitative estimate of drug-likeness (QED) is 0.166. The molecule has 2 heterocycles. The van der Waals surface area contributed by atoms with Crippen molar-refractivity contribution < 1.29 is 29.8 Å². The standard InChI is InChI=1S/C59H63N3O/c1-13-59(11,12)43-27-28-51(47(35-43)39-23-18-15-19-24-39)62-52-26-20-25-46(53(52)61-55(62)48-36-45(57(5,6)7)37-49(54(48)63)58(8,9)10)41-31-42(33-44(32-41)56(2,3)4)50-34-40(29-30-60-50)38-21-16-14-17-22-38/h14-37,63H,13H2,1-12H3/i5D3,6D3,7D3,8D3,9D3,10D3. The summed E-state index contributed by atoms with van der Waals surface area (Å²) in [5.74, 6) is -1.74. The molecule has 0 aliphatic heterocycles. The zero-order chi connectivity index (χ0) is 60.1. The molecule has 0 bridgehead atoms. The fourth-order valence-corrected chi connectivity index (χ4v) is 8.03. The van der Waals surface area contributed by atoms with Crippen molar-refractivity contribution >= 4 is 11.0 Å². The molecule has 8 aromatic rings. The summed E-state index contributed by atoms with van der Waals surface area (Å²) in [6, 6.07) is 40.8. The number of phenols is 1. The third kappa shape index (κ3) is 8.48. The molecule has 0 saturated heterocycles. The van der Waals surface area contributed by atoms with Crippen LogP contribution >= 0.6 is 0 Å². The molecule has 0 radical (unpaired) electrons. The minimum absolute atomic E-state index is 0.196. The van der Waals surface area contributed by atoms with Gasteiger partial charge in [-0.2, -0.15) is 0 Å². The first kappa shape index (κ1) is 26.4. The van der Waals surface area contributed by atoms with Crippen molar-refractivity contribution in [3.8, 4) is 67.5 Å². The van der Waals surface area contributed by atoms with E-state index in [9.17, 15) is 5.11 Å². The summed E-state index contributed by atoms with van der Waals surface area (Å²) in [4.78, 5) is 10.0. The maximum atomic E-state index is 13.1. The number of phenolic OH excluding ortho intramolecular Hbond substituents is 1. The van der Waals surface area contributed by atoms with Crippen LogP contribution in [-0.4, -0.2) is 19.6 Å². The van der Waals surface area contributed by atoms with Crippen molar-refractivity contribution in [2.75, 3.05) is 0 Å². The number of aromatic hydroxyl groups is 1. The van der Waals surface area contributed by atoms with Crippen molar-refractivity contribution in [2.24, 2.45) is 0 Å². The average molecular weight is 848 g/mol. The van der Waals surface area contributed by atoms with E-state index < -0.39 is 91.0 Å². The molecule has 0 amide bonds. The smallest absolute Gasteiger partial charge is 0.149 e. The van der Waals surface area contributed by atoms with Crippen LogP contribution < -0.4 is 0 Å². The topological polar surface area (TPSA) is 50.9 Å². The highest BCUT2D eigenvalue weighted by Gasteiger charge is 2.30. The summed E-state index contributed by atoms with van der Waals surface area (Å²) in [6.07, 6.45) is 2.44. The lowest BCUT2D eigenvalue weighted by Gasteiger charge is -2.28. The Bertz CT molecular complexity index is 3560. The van der Waals surface area contributed by atoms with Gasteiger partial charge < -0.3 is 5.11 Å². The largest absolute Gasteiger partial charge is 0.507 e. The van der Waals surface area contributed by atoms with E-state index in [1.807, 2.05) is 110 Å². The van der Waals surface area contributed by atoms with E-state index in [1.54, 1.807) is 35.0 Å². The summed E-state index contributed by atoms with van der Waals surface area (Å²) in [6.45, 7) is -12.2. The molecule has 0 atom stereocenters. The Morgan fingerprint density at radius 2 is 1.19 bits per heavy atom. The zero-order valence-electron chi connectivity index (χ0n) is 54.4. The van der Waals surface area contributed by atoms with Gasteiger partial charge in [-0.15, -0.1) is 0 Å². The lowest BCUT2D eigenvalue weighted by atomic mass is 9.78. The normalized spacial score (nSPS) is 18.0. The van der Waals surface area contributed by atoms with E-state index in [2.05, 4.69) is 34.6 Å². The van der Waals surface area contributed by atoms with Gasteiger partial charge in [-0.1, -0.05) is 174 Å². The number of hydrogen-bond acceptors (Lipinski definition) is 3. The van der Waals surface area contributed by atoms with Crippen LogP contribution in [0.2, 0.25) is 0 Å². The van der Waals surface area contributed by atoms with E-state index >= 15 is 0 Å². The van der Waals surface area contributed by atoms with Gasteiger partial charge in [0.2, 0.25) is 0 Å². The number of rotatable bonds is 8. The van der Waals surface area contributed by atoms with Crippen LogP contribution in [0.1, 0.15) is 136 Å². The summed E-state index contributed by atoms with van der Waals surface area (Å²) in [5.41, 5.74) is -4.22. The minimum Gasteiger partial charge on any atom is -0.507 e. The lowest BCUT2D eigenvalue weighted by molar-refractivity contribution is 0.446. The Hall–Kier alpha value is -6.26. The van der Waals surface area contributed by atoms with Crippen LogP contribution in [0, 0.1) is 0 Å². The lowest BCUT2D eigenvalue weighted by Crippen LogP contribution is -2.17. The van der Waals surface area contributed by atoms with Gasteiger partial charge in [-0.25, -0.2) is 4.98 Å². The molecule has 2 aromatic heterocycles. The van der Waals surface area contributed by atoms with E-state index in [1.165, 1.54) is 0 Å². The van der Waals surface area contributed by atoms with Gasteiger partial charge in [-0.3, -0.25) is 9.55 Å². The SMILES string of the molecule is [2H]C([2H])([2H])C(c1cc(-c2nc3c(-c4cc(-c5cc(-c6ccccc6)ccn5)cc(C(C)(C)C)c4)cccc3n2-c2ccc(C(C)(C)CC)cc2-c2ccccc2)c(O)c(C(C([2H])([2H])[2H])(C([2H])([2H])[2H])C([2H])([2H])[2H])c1)(C([2H])([2H])[2H])C([2H])([2H])[2H]. The van der Waals surface area contributed by atoms with E-state index in [0.717, 1.165) is 33.9 Å².